The van der Waals surface area contributed by atoms with E-state index < -0.39 is 0 Å². The van der Waals surface area contributed by atoms with Gasteiger partial charge in [-0.05, 0) is 59.4 Å². The topological polar surface area (TPSA) is 15.3 Å². The molecule has 0 amide bonds. The molecule has 0 radical (unpaired) electrons. The number of hydrogen-bond donors (Lipinski definition) is 1. The third kappa shape index (κ3) is 3.15. The molecule has 3 rings (SSSR count). The van der Waals surface area contributed by atoms with Crippen molar-refractivity contribution in [3.05, 3.63) is 33.3 Å². The fourth-order valence-electron chi connectivity index (χ4n) is 3.38. The molecule has 0 spiro atoms. The summed E-state index contributed by atoms with van der Waals surface area (Å²) in [5.74, 6) is 0. The molecule has 0 bridgehead atoms. The minimum Gasteiger partial charge on any atom is -0.308 e. The molecule has 2 atom stereocenters. The van der Waals surface area contributed by atoms with Crippen molar-refractivity contribution >= 4 is 27.5 Å². The maximum atomic E-state index is 6.14. The maximum absolute atomic E-state index is 6.14. The Kier molecular flexibility index (Phi) is 4.47. The molecule has 2 heterocycles. The van der Waals surface area contributed by atoms with Gasteiger partial charge in [0.1, 0.15) is 0 Å². The molecule has 104 valence electrons. The lowest BCUT2D eigenvalue weighted by atomic mass is 9.99. The zero-order valence-electron chi connectivity index (χ0n) is 11.0. The zero-order valence-corrected chi connectivity index (χ0v) is 13.4. The molecule has 1 aromatic rings. The van der Waals surface area contributed by atoms with Crippen molar-refractivity contribution in [1.82, 2.24) is 10.2 Å². The van der Waals surface area contributed by atoms with E-state index in [9.17, 15) is 0 Å². The van der Waals surface area contributed by atoms with Crippen LogP contribution >= 0.6 is 27.5 Å². The number of benzene rings is 1. The van der Waals surface area contributed by atoms with Crippen molar-refractivity contribution in [1.29, 1.82) is 0 Å². The molecule has 0 saturated carbocycles. The van der Waals surface area contributed by atoms with Gasteiger partial charge >= 0.3 is 0 Å². The smallest absolute Gasteiger partial charge is 0.0551 e. The van der Waals surface area contributed by atoms with E-state index in [1.54, 1.807) is 0 Å². The molecule has 2 nitrogen and oxygen atoms in total. The zero-order chi connectivity index (χ0) is 13.2. The second kappa shape index (κ2) is 6.13. The minimum absolute atomic E-state index is 0.655. The second-order valence-electron chi connectivity index (χ2n) is 5.62. The van der Waals surface area contributed by atoms with E-state index in [0.29, 0.717) is 6.04 Å². The molecule has 1 aromatic carbocycles. The van der Waals surface area contributed by atoms with E-state index in [4.69, 9.17) is 11.6 Å². The van der Waals surface area contributed by atoms with Crippen molar-refractivity contribution in [2.24, 2.45) is 0 Å². The molecule has 0 aliphatic carbocycles. The van der Waals surface area contributed by atoms with E-state index in [1.807, 2.05) is 12.1 Å². The van der Waals surface area contributed by atoms with Crippen molar-refractivity contribution in [3.63, 3.8) is 0 Å². The average molecular weight is 344 g/mol. The Morgan fingerprint density at radius 3 is 3.00 bits per heavy atom. The van der Waals surface area contributed by atoms with E-state index in [1.165, 1.54) is 44.3 Å². The van der Waals surface area contributed by atoms with Crippen LogP contribution in [0.25, 0.3) is 0 Å². The van der Waals surface area contributed by atoms with Crippen molar-refractivity contribution in [2.75, 3.05) is 13.1 Å². The number of nitrogens with zero attached hydrogens (tertiary/aromatic N) is 1. The summed E-state index contributed by atoms with van der Waals surface area (Å²) >= 11 is 9.57. The van der Waals surface area contributed by atoms with Gasteiger partial charge in [-0.2, -0.15) is 0 Å². The van der Waals surface area contributed by atoms with Crippen LogP contribution in [0.15, 0.2) is 22.7 Å². The average Bonchev–Trinajstić information content (AvgIpc) is 2.83. The first-order chi connectivity index (χ1) is 9.24. The highest BCUT2D eigenvalue weighted by molar-refractivity contribution is 9.10. The molecule has 2 aliphatic heterocycles. The summed E-state index contributed by atoms with van der Waals surface area (Å²) in [4.78, 5) is 2.66. The molecule has 0 aromatic heterocycles. The van der Waals surface area contributed by atoms with Gasteiger partial charge in [-0.3, -0.25) is 4.90 Å². The Bertz CT molecular complexity index is 452. The first-order valence-electron chi connectivity index (χ1n) is 7.15. The van der Waals surface area contributed by atoms with Gasteiger partial charge in [-0.25, -0.2) is 0 Å². The van der Waals surface area contributed by atoms with Crippen LogP contribution in [0, 0.1) is 0 Å². The number of fused-ring (bicyclic) bond motifs is 1. The van der Waals surface area contributed by atoms with E-state index in [2.05, 4.69) is 32.2 Å². The Hall–Kier alpha value is -0.0900. The van der Waals surface area contributed by atoms with Crippen LogP contribution in [-0.2, 0) is 6.54 Å². The fraction of sp³-hybridized carbons (Fsp3) is 0.600. The van der Waals surface area contributed by atoms with Gasteiger partial charge in [0.15, 0.2) is 0 Å². The van der Waals surface area contributed by atoms with Gasteiger partial charge in [0.2, 0.25) is 0 Å². The summed E-state index contributed by atoms with van der Waals surface area (Å²) in [6.45, 7) is 3.48. The highest BCUT2D eigenvalue weighted by Gasteiger charge is 2.34. The fourth-order valence-corrected chi connectivity index (χ4v) is 3.83. The van der Waals surface area contributed by atoms with E-state index in [0.717, 1.165) is 22.1 Å². The molecule has 2 unspecified atom stereocenters. The summed E-state index contributed by atoms with van der Waals surface area (Å²) in [5, 5.41) is 4.52. The Morgan fingerprint density at radius 2 is 2.16 bits per heavy atom. The molecule has 2 fully saturated rings. The van der Waals surface area contributed by atoms with Crippen LogP contribution < -0.4 is 5.32 Å². The molecule has 1 N–H and O–H groups in total. The van der Waals surface area contributed by atoms with Crippen LogP contribution in [0.2, 0.25) is 5.02 Å². The first-order valence-corrected chi connectivity index (χ1v) is 8.32. The molecule has 2 saturated heterocycles. The van der Waals surface area contributed by atoms with Crippen LogP contribution in [0.1, 0.15) is 31.2 Å². The van der Waals surface area contributed by atoms with Crippen molar-refractivity contribution in [3.8, 4) is 0 Å². The SMILES string of the molecule is Clc1cc(CNC2CCN3CCCCC23)ccc1Br. The summed E-state index contributed by atoms with van der Waals surface area (Å²) in [6, 6.07) is 7.63. The van der Waals surface area contributed by atoms with Gasteiger partial charge in [0, 0.05) is 29.6 Å². The van der Waals surface area contributed by atoms with Crippen LogP contribution in [0.3, 0.4) is 0 Å². The molecular weight excluding hydrogens is 324 g/mol. The Morgan fingerprint density at radius 1 is 1.26 bits per heavy atom. The summed E-state index contributed by atoms with van der Waals surface area (Å²) in [6.07, 6.45) is 5.42. The number of hydrogen-bond acceptors (Lipinski definition) is 2. The summed E-state index contributed by atoms with van der Waals surface area (Å²) in [5.41, 5.74) is 1.27. The standard InChI is InChI=1S/C15H20BrClN2/c16-12-5-4-11(9-13(12)17)10-18-14-6-8-19-7-2-1-3-15(14)19/h4-5,9,14-15,18H,1-3,6-8,10H2. The summed E-state index contributed by atoms with van der Waals surface area (Å²) < 4.78 is 0.970. The summed E-state index contributed by atoms with van der Waals surface area (Å²) in [7, 11) is 0. The third-order valence-corrected chi connectivity index (χ3v) is 5.64. The molecule has 4 heteroatoms. The monoisotopic (exact) mass is 342 g/mol. The van der Waals surface area contributed by atoms with Crippen LogP contribution in [0.5, 0.6) is 0 Å². The van der Waals surface area contributed by atoms with Gasteiger partial charge in [-0.15, -0.1) is 0 Å². The molecular formula is C15H20BrClN2. The van der Waals surface area contributed by atoms with Crippen LogP contribution in [-0.4, -0.2) is 30.1 Å². The molecule has 2 aliphatic rings. The predicted octanol–water partition coefficient (Wildman–Crippen LogP) is 3.82. The Labute approximate surface area is 128 Å². The first kappa shape index (κ1) is 13.9. The van der Waals surface area contributed by atoms with Gasteiger partial charge < -0.3 is 5.32 Å². The van der Waals surface area contributed by atoms with Gasteiger partial charge in [-0.1, -0.05) is 24.1 Å². The van der Waals surface area contributed by atoms with Crippen LogP contribution in [0.4, 0.5) is 0 Å². The normalized spacial score (nSPS) is 27.5. The lowest BCUT2D eigenvalue weighted by Crippen LogP contribution is -2.44. The largest absolute Gasteiger partial charge is 0.308 e. The number of rotatable bonds is 3. The van der Waals surface area contributed by atoms with Gasteiger partial charge in [0.25, 0.3) is 0 Å². The number of piperidine rings is 1. The lowest BCUT2D eigenvalue weighted by molar-refractivity contribution is 0.180. The van der Waals surface area contributed by atoms with Crippen molar-refractivity contribution in [2.45, 2.75) is 44.3 Å². The van der Waals surface area contributed by atoms with Crippen molar-refractivity contribution < 1.29 is 0 Å². The van der Waals surface area contributed by atoms with Gasteiger partial charge in [0.05, 0.1) is 5.02 Å². The second-order valence-corrected chi connectivity index (χ2v) is 6.89. The lowest BCUT2D eigenvalue weighted by Gasteiger charge is -2.32. The highest BCUT2D eigenvalue weighted by Crippen LogP contribution is 2.28. The quantitative estimate of drug-likeness (QED) is 0.897. The highest BCUT2D eigenvalue weighted by atomic mass is 79.9. The van der Waals surface area contributed by atoms with E-state index >= 15 is 0 Å². The maximum Gasteiger partial charge on any atom is 0.0551 e. The number of nitrogens with one attached hydrogen (secondary N) is 1. The predicted molar refractivity (Wildman–Crippen MR) is 83.6 cm³/mol. The minimum atomic E-state index is 0.655. The molecule has 19 heavy (non-hydrogen) atoms. The Balaban J connectivity index is 1.58. The van der Waals surface area contributed by atoms with E-state index in [-0.39, 0.29) is 0 Å². The third-order valence-electron chi connectivity index (χ3n) is 4.41. The number of halogens is 2.